The highest BCUT2D eigenvalue weighted by Gasteiger charge is 2.04. The Labute approximate surface area is 121 Å². The number of ether oxygens (including phenoxy) is 1. The minimum absolute atomic E-state index is 0.526. The summed E-state index contributed by atoms with van der Waals surface area (Å²) in [5.41, 5.74) is 0.526. The molecule has 17 heavy (non-hydrogen) atoms. The van der Waals surface area contributed by atoms with Crippen molar-refractivity contribution < 1.29 is 9.53 Å². The van der Waals surface area contributed by atoms with E-state index in [1.807, 2.05) is 30.3 Å². The van der Waals surface area contributed by atoms with E-state index in [1.165, 1.54) is 0 Å². The first-order valence-corrected chi connectivity index (χ1v) is 6.74. The van der Waals surface area contributed by atoms with E-state index in [2.05, 4.69) is 38.5 Å². The van der Waals surface area contributed by atoms with Crippen LogP contribution in [0.15, 0.2) is 46.9 Å². The number of carbonyl (C=O) groups excluding carboxylic acids is 1. The average molecular weight is 403 g/mol. The molecule has 0 spiro atoms. The van der Waals surface area contributed by atoms with Gasteiger partial charge in [0.25, 0.3) is 0 Å². The lowest BCUT2D eigenvalue weighted by Crippen LogP contribution is -1.90. The summed E-state index contributed by atoms with van der Waals surface area (Å²) in [6, 6.07) is 13.0. The fraction of sp³-hybridized carbons (Fsp3) is 0. The molecule has 86 valence electrons. The lowest BCUT2D eigenvalue weighted by Gasteiger charge is -2.08. The molecule has 0 saturated carbocycles. The van der Waals surface area contributed by atoms with Gasteiger partial charge in [-0.15, -0.1) is 0 Å². The first-order valence-electron chi connectivity index (χ1n) is 4.87. The summed E-state index contributed by atoms with van der Waals surface area (Å²) in [7, 11) is 0. The van der Waals surface area contributed by atoms with Crippen LogP contribution in [0, 0.1) is 3.57 Å². The van der Waals surface area contributed by atoms with Crippen LogP contribution >= 0.6 is 38.5 Å². The van der Waals surface area contributed by atoms with Crippen molar-refractivity contribution in [3.05, 3.63) is 56.1 Å². The molecule has 0 radical (unpaired) electrons. The zero-order chi connectivity index (χ0) is 12.3. The highest BCUT2D eigenvalue weighted by molar-refractivity contribution is 14.1. The summed E-state index contributed by atoms with van der Waals surface area (Å²) in [5.74, 6) is 1.28. The second-order valence-corrected chi connectivity index (χ2v) is 5.52. The number of halogens is 2. The maximum absolute atomic E-state index is 10.9. The minimum Gasteiger partial charge on any atom is -0.457 e. The van der Waals surface area contributed by atoms with Crippen molar-refractivity contribution in [1.82, 2.24) is 0 Å². The molecule has 2 rings (SSSR count). The third kappa shape index (κ3) is 3.29. The van der Waals surface area contributed by atoms with Crippen LogP contribution in [0.2, 0.25) is 0 Å². The molecular weight excluding hydrogens is 395 g/mol. The van der Waals surface area contributed by atoms with Gasteiger partial charge in [-0.2, -0.15) is 0 Å². The standard InChI is InChI=1S/C13H8BrIO2/c14-10-1-6-13(9(7-10)8-16)17-12-4-2-11(15)3-5-12/h1-8H. The molecule has 0 aliphatic carbocycles. The Morgan fingerprint density at radius 1 is 1.12 bits per heavy atom. The first-order chi connectivity index (χ1) is 8.19. The predicted octanol–water partition coefficient (Wildman–Crippen LogP) is 4.66. The number of rotatable bonds is 3. The van der Waals surface area contributed by atoms with Gasteiger partial charge in [0.2, 0.25) is 0 Å². The summed E-state index contributed by atoms with van der Waals surface area (Å²) in [4.78, 5) is 10.9. The van der Waals surface area contributed by atoms with Crippen LogP contribution in [0.1, 0.15) is 10.4 Å². The Bertz CT molecular complexity index is 538. The summed E-state index contributed by atoms with van der Waals surface area (Å²) in [6.07, 6.45) is 0.785. The van der Waals surface area contributed by atoms with Crippen molar-refractivity contribution in [3.8, 4) is 11.5 Å². The Balaban J connectivity index is 2.29. The van der Waals surface area contributed by atoms with E-state index in [4.69, 9.17) is 4.74 Å². The van der Waals surface area contributed by atoms with Gasteiger partial charge in [0, 0.05) is 8.04 Å². The zero-order valence-corrected chi connectivity index (χ0v) is 12.4. The van der Waals surface area contributed by atoms with Crippen LogP contribution in [-0.4, -0.2) is 6.29 Å². The van der Waals surface area contributed by atoms with Gasteiger partial charge in [-0.1, -0.05) is 15.9 Å². The van der Waals surface area contributed by atoms with Gasteiger partial charge in [-0.05, 0) is 65.1 Å². The maximum Gasteiger partial charge on any atom is 0.153 e. The van der Waals surface area contributed by atoms with E-state index < -0.39 is 0 Å². The van der Waals surface area contributed by atoms with Crippen molar-refractivity contribution in [2.24, 2.45) is 0 Å². The summed E-state index contributed by atoms with van der Waals surface area (Å²) < 4.78 is 7.65. The number of hydrogen-bond donors (Lipinski definition) is 0. The van der Waals surface area contributed by atoms with Gasteiger partial charge in [0.05, 0.1) is 5.56 Å². The molecule has 2 aromatic rings. The molecule has 0 amide bonds. The van der Waals surface area contributed by atoms with Crippen molar-refractivity contribution >= 4 is 44.8 Å². The van der Waals surface area contributed by atoms with Crippen molar-refractivity contribution in [2.75, 3.05) is 0 Å². The monoisotopic (exact) mass is 402 g/mol. The summed E-state index contributed by atoms with van der Waals surface area (Å²) in [5, 5.41) is 0. The fourth-order valence-electron chi connectivity index (χ4n) is 1.33. The van der Waals surface area contributed by atoms with Gasteiger partial charge >= 0.3 is 0 Å². The Kier molecular flexibility index (Phi) is 4.17. The molecule has 0 N–H and O–H groups in total. The van der Waals surface area contributed by atoms with Gasteiger partial charge in [-0.3, -0.25) is 4.79 Å². The van der Waals surface area contributed by atoms with Crippen LogP contribution in [0.3, 0.4) is 0 Å². The zero-order valence-electron chi connectivity index (χ0n) is 8.69. The molecule has 0 aromatic heterocycles. The topological polar surface area (TPSA) is 26.3 Å². The predicted molar refractivity (Wildman–Crippen MR) is 78.8 cm³/mol. The van der Waals surface area contributed by atoms with Crippen LogP contribution in [0.5, 0.6) is 11.5 Å². The number of hydrogen-bond acceptors (Lipinski definition) is 2. The van der Waals surface area contributed by atoms with Gasteiger partial charge in [0.15, 0.2) is 6.29 Å². The second-order valence-electron chi connectivity index (χ2n) is 3.36. The van der Waals surface area contributed by atoms with E-state index >= 15 is 0 Å². The lowest BCUT2D eigenvalue weighted by molar-refractivity contribution is 0.112. The minimum atomic E-state index is 0.526. The van der Waals surface area contributed by atoms with E-state index in [0.29, 0.717) is 11.3 Å². The van der Waals surface area contributed by atoms with Crippen LogP contribution in [0.25, 0.3) is 0 Å². The van der Waals surface area contributed by atoms with Gasteiger partial charge in [0.1, 0.15) is 11.5 Å². The molecule has 2 nitrogen and oxygen atoms in total. The smallest absolute Gasteiger partial charge is 0.153 e. The van der Waals surface area contributed by atoms with Crippen LogP contribution in [-0.2, 0) is 0 Å². The molecule has 0 aliphatic heterocycles. The van der Waals surface area contributed by atoms with Crippen molar-refractivity contribution in [1.29, 1.82) is 0 Å². The summed E-state index contributed by atoms with van der Waals surface area (Å²) in [6.45, 7) is 0. The number of aldehydes is 1. The Morgan fingerprint density at radius 3 is 2.47 bits per heavy atom. The van der Waals surface area contributed by atoms with E-state index in [9.17, 15) is 4.79 Å². The van der Waals surface area contributed by atoms with E-state index in [-0.39, 0.29) is 0 Å². The average Bonchev–Trinajstić information content (AvgIpc) is 2.34. The van der Waals surface area contributed by atoms with Crippen LogP contribution in [0.4, 0.5) is 0 Å². The molecule has 0 atom stereocenters. The fourth-order valence-corrected chi connectivity index (χ4v) is 2.07. The van der Waals surface area contributed by atoms with Crippen LogP contribution < -0.4 is 4.74 Å². The molecule has 0 unspecified atom stereocenters. The highest BCUT2D eigenvalue weighted by atomic mass is 127. The third-order valence-electron chi connectivity index (χ3n) is 2.14. The van der Waals surface area contributed by atoms with E-state index in [1.54, 1.807) is 12.1 Å². The summed E-state index contributed by atoms with van der Waals surface area (Å²) >= 11 is 5.54. The normalized spacial score (nSPS) is 10.0. The molecule has 0 fully saturated rings. The van der Waals surface area contributed by atoms with E-state index in [0.717, 1.165) is 20.1 Å². The largest absolute Gasteiger partial charge is 0.457 e. The molecule has 0 bridgehead atoms. The van der Waals surface area contributed by atoms with Crippen molar-refractivity contribution in [3.63, 3.8) is 0 Å². The quantitative estimate of drug-likeness (QED) is 0.551. The lowest BCUT2D eigenvalue weighted by atomic mass is 10.2. The molecular formula is C13H8BrIO2. The Morgan fingerprint density at radius 2 is 1.82 bits per heavy atom. The molecule has 0 heterocycles. The SMILES string of the molecule is O=Cc1cc(Br)ccc1Oc1ccc(I)cc1. The molecule has 2 aromatic carbocycles. The number of carbonyl (C=O) groups is 1. The highest BCUT2D eigenvalue weighted by Crippen LogP contribution is 2.27. The molecule has 4 heteroatoms. The Hall–Kier alpha value is -0.880. The van der Waals surface area contributed by atoms with Crippen molar-refractivity contribution in [2.45, 2.75) is 0 Å². The third-order valence-corrected chi connectivity index (χ3v) is 3.35. The maximum atomic E-state index is 10.9. The second kappa shape index (κ2) is 5.64. The van der Waals surface area contributed by atoms with Gasteiger partial charge < -0.3 is 4.74 Å². The van der Waals surface area contributed by atoms with Gasteiger partial charge in [-0.25, -0.2) is 0 Å². The molecule has 0 saturated heterocycles. The first kappa shape index (κ1) is 12.6. The number of benzene rings is 2. The molecule has 0 aliphatic rings.